The fraction of sp³-hybridized carbons (Fsp3) is 0.120. The van der Waals surface area contributed by atoms with Crippen LogP contribution in [0.3, 0.4) is 0 Å². The van der Waals surface area contributed by atoms with Crippen LogP contribution in [0.4, 0.5) is 5.69 Å². The second-order valence-corrected chi connectivity index (χ2v) is 6.91. The van der Waals surface area contributed by atoms with Crippen LogP contribution in [-0.2, 0) is 19.1 Å². The van der Waals surface area contributed by atoms with Gasteiger partial charge in [0.25, 0.3) is 5.91 Å². The molecule has 3 aromatic rings. The average molecular weight is 463 g/mol. The molecule has 2 N–H and O–H groups in total. The number of para-hydroxylation sites is 2. The van der Waals surface area contributed by atoms with Gasteiger partial charge in [0.2, 0.25) is 12.2 Å². The first-order valence-corrected chi connectivity index (χ1v) is 10.1. The van der Waals surface area contributed by atoms with Gasteiger partial charge in [-0.3, -0.25) is 4.79 Å². The van der Waals surface area contributed by atoms with Crippen molar-refractivity contribution < 1.29 is 38.5 Å². The predicted molar refractivity (Wildman–Crippen MR) is 121 cm³/mol. The lowest BCUT2D eigenvalue weighted by atomic mass is 10.1. The van der Waals surface area contributed by atoms with Gasteiger partial charge in [0.15, 0.2) is 0 Å². The Morgan fingerprint density at radius 3 is 1.68 bits per heavy atom. The Hall–Kier alpha value is -4.66. The van der Waals surface area contributed by atoms with Gasteiger partial charge in [-0.2, -0.15) is 0 Å². The molecule has 2 atom stereocenters. The van der Waals surface area contributed by atoms with Gasteiger partial charge in [-0.25, -0.2) is 14.4 Å². The number of carboxylic acids is 1. The fourth-order valence-corrected chi connectivity index (χ4v) is 2.96. The zero-order valence-electron chi connectivity index (χ0n) is 18.0. The minimum Gasteiger partial charge on any atom is -0.495 e. The van der Waals surface area contributed by atoms with Crippen LogP contribution in [-0.4, -0.2) is 48.2 Å². The summed E-state index contributed by atoms with van der Waals surface area (Å²) < 4.78 is 15.5. The smallest absolute Gasteiger partial charge is 0.349 e. The molecule has 1 amide bonds. The van der Waals surface area contributed by atoms with Crippen molar-refractivity contribution in [2.24, 2.45) is 0 Å². The van der Waals surface area contributed by atoms with Crippen molar-refractivity contribution in [3.63, 3.8) is 0 Å². The molecule has 9 nitrogen and oxygen atoms in total. The van der Waals surface area contributed by atoms with Crippen LogP contribution in [0.5, 0.6) is 5.75 Å². The molecule has 174 valence electrons. The summed E-state index contributed by atoms with van der Waals surface area (Å²) >= 11 is 0. The number of carboxylic acid groups (broad SMARTS) is 1. The number of amides is 1. The van der Waals surface area contributed by atoms with Crippen LogP contribution >= 0.6 is 0 Å². The first-order valence-electron chi connectivity index (χ1n) is 10.1. The summed E-state index contributed by atoms with van der Waals surface area (Å²) in [7, 11) is 1.39. The number of hydrogen-bond acceptors (Lipinski definition) is 7. The van der Waals surface area contributed by atoms with Gasteiger partial charge in [-0.1, -0.05) is 48.5 Å². The van der Waals surface area contributed by atoms with Gasteiger partial charge in [-0.15, -0.1) is 0 Å². The number of rotatable bonds is 9. The SMILES string of the molecule is COc1ccccc1NC(=O)[C@@H](OC(=O)c1ccccc1)[C@@H](OC(=O)c1ccccc1)C(=O)O. The van der Waals surface area contributed by atoms with Crippen LogP contribution in [0.25, 0.3) is 0 Å². The van der Waals surface area contributed by atoms with E-state index in [2.05, 4.69) is 5.32 Å². The second-order valence-electron chi connectivity index (χ2n) is 6.91. The van der Waals surface area contributed by atoms with E-state index in [1.54, 1.807) is 54.6 Å². The Morgan fingerprint density at radius 2 is 1.18 bits per heavy atom. The summed E-state index contributed by atoms with van der Waals surface area (Å²) in [6, 6.07) is 21.7. The normalized spacial score (nSPS) is 12.0. The summed E-state index contributed by atoms with van der Waals surface area (Å²) in [5.41, 5.74) is 0.345. The molecule has 0 fully saturated rings. The van der Waals surface area contributed by atoms with E-state index in [9.17, 15) is 24.3 Å². The number of aliphatic carboxylic acids is 1. The van der Waals surface area contributed by atoms with Crippen molar-refractivity contribution >= 4 is 29.5 Å². The zero-order chi connectivity index (χ0) is 24.5. The summed E-state index contributed by atoms with van der Waals surface area (Å²) in [6.45, 7) is 0. The number of anilines is 1. The molecule has 3 rings (SSSR count). The number of carbonyl (C=O) groups is 4. The number of benzene rings is 3. The number of esters is 2. The first kappa shape index (κ1) is 24.0. The maximum absolute atomic E-state index is 13.1. The van der Waals surface area contributed by atoms with Crippen molar-refractivity contribution in [1.82, 2.24) is 0 Å². The summed E-state index contributed by atoms with van der Waals surface area (Å²) in [6.07, 6.45) is -4.14. The fourth-order valence-electron chi connectivity index (χ4n) is 2.96. The molecule has 0 spiro atoms. The molecule has 3 aromatic carbocycles. The van der Waals surface area contributed by atoms with Crippen molar-refractivity contribution in [3.05, 3.63) is 96.1 Å². The molecule has 0 aliphatic heterocycles. The van der Waals surface area contributed by atoms with Gasteiger partial charge in [0.05, 0.1) is 23.9 Å². The Kier molecular flexibility index (Phi) is 7.96. The van der Waals surface area contributed by atoms with Gasteiger partial charge in [0.1, 0.15) is 5.75 Å². The first-order chi connectivity index (χ1) is 16.4. The summed E-state index contributed by atoms with van der Waals surface area (Å²) in [4.78, 5) is 50.3. The van der Waals surface area contributed by atoms with E-state index in [0.29, 0.717) is 0 Å². The largest absolute Gasteiger partial charge is 0.495 e. The molecular weight excluding hydrogens is 442 g/mol. The van der Waals surface area contributed by atoms with Gasteiger partial charge >= 0.3 is 17.9 Å². The van der Waals surface area contributed by atoms with E-state index in [1.165, 1.54) is 37.4 Å². The number of nitrogens with one attached hydrogen (secondary N) is 1. The molecule has 0 radical (unpaired) electrons. The lowest BCUT2D eigenvalue weighted by molar-refractivity contribution is -0.157. The van der Waals surface area contributed by atoms with Crippen molar-refractivity contribution in [1.29, 1.82) is 0 Å². The molecule has 0 aromatic heterocycles. The highest BCUT2D eigenvalue weighted by atomic mass is 16.6. The van der Waals surface area contributed by atoms with Crippen molar-refractivity contribution in [2.45, 2.75) is 12.2 Å². The van der Waals surface area contributed by atoms with Gasteiger partial charge in [-0.05, 0) is 36.4 Å². The minimum absolute atomic E-state index is 0.0621. The highest BCUT2D eigenvalue weighted by Crippen LogP contribution is 2.24. The van der Waals surface area contributed by atoms with E-state index in [0.717, 1.165) is 0 Å². The molecule has 0 aliphatic carbocycles. The lowest BCUT2D eigenvalue weighted by Crippen LogP contribution is -2.48. The number of ether oxygens (including phenoxy) is 3. The number of methoxy groups -OCH3 is 1. The van der Waals surface area contributed by atoms with Gasteiger partial charge < -0.3 is 24.6 Å². The highest BCUT2D eigenvalue weighted by Gasteiger charge is 2.41. The van der Waals surface area contributed by atoms with E-state index in [4.69, 9.17) is 14.2 Å². The third-order valence-corrected chi connectivity index (χ3v) is 4.63. The number of carbonyl (C=O) groups excluding carboxylic acids is 3. The summed E-state index contributed by atoms with van der Waals surface area (Å²) in [5.74, 6) is -4.38. The Bertz CT molecular complexity index is 1160. The maximum atomic E-state index is 13.1. The Morgan fingerprint density at radius 1 is 0.706 bits per heavy atom. The molecule has 0 aliphatic rings. The third-order valence-electron chi connectivity index (χ3n) is 4.63. The minimum atomic E-state index is -2.13. The van der Waals surface area contributed by atoms with Crippen LogP contribution in [0, 0.1) is 0 Å². The molecule has 9 heteroatoms. The standard InChI is InChI=1S/C25H21NO8/c1-32-19-15-9-8-14-18(19)26-22(27)20(33-24(30)16-10-4-2-5-11-16)21(23(28)29)34-25(31)17-12-6-3-7-13-17/h2-15,20-21H,1H3,(H,26,27)(H,28,29)/t20-,21+/m0/s1. The van der Waals surface area contributed by atoms with Crippen LogP contribution in [0.2, 0.25) is 0 Å². The van der Waals surface area contributed by atoms with E-state index in [1.807, 2.05) is 0 Å². The van der Waals surface area contributed by atoms with Crippen LogP contribution < -0.4 is 10.1 Å². The molecule has 0 saturated heterocycles. The molecule has 0 heterocycles. The number of hydrogen-bond donors (Lipinski definition) is 2. The molecular formula is C25H21NO8. The Labute approximate surface area is 194 Å². The summed E-state index contributed by atoms with van der Waals surface area (Å²) in [5, 5.41) is 12.2. The van der Waals surface area contributed by atoms with E-state index >= 15 is 0 Å². The Balaban J connectivity index is 1.92. The average Bonchev–Trinajstić information content (AvgIpc) is 2.87. The molecule has 0 saturated carbocycles. The second kappa shape index (κ2) is 11.3. The van der Waals surface area contributed by atoms with Crippen LogP contribution in [0.1, 0.15) is 20.7 Å². The van der Waals surface area contributed by atoms with E-state index in [-0.39, 0.29) is 22.6 Å². The third kappa shape index (κ3) is 5.98. The topological polar surface area (TPSA) is 128 Å². The lowest BCUT2D eigenvalue weighted by Gasteiger charge is -2.24. The van der Waals surface area contributed by atoms with E-state index < -0.39 is 36.0 Å². The van der Waals surface area contributed by atoms with Crippen molar-refractivity contribution in [3.8, 4) is 5.75 Å². The highest BCUT2D eigenvalue weighted by molar-refractivity contribution is 6.02. The molecule has 0 bridgehead atoms. The predicted octanol–water partition coefficient (Wildman–Crippen LogP) is 3.17. The maximum Gasteiger partial charge on any atom is 0.349 e. The van der Waals surface area contributed by atoms with Crippen molar-refractivity contribution in [2.75, 3.05) is 12.4 Å². The monoisotopic (exact) mass is 463 g/mol. The van der Waals surface area contributed by atoms with Gasteiger partial charge in [0, 0.05) is 0 Å². The molecule has 0 unspecified atom stereocenters. The zero-order valence-corrected chi connectivity index (χ0v) is 18.0. The van der Waals surface area contributed by atoms with Crippen LogP contribution in [0.15, 0.2) is 84.9 Å². The quantitative estimate of drug-likeness (QED) is 0.463. The molecule has 34 heavy (non-hydrogen) atoms.